The molecule has 1 aromatic carbocycles. The molecule has 0 bridgehead atoms. The molecule has 2 amide bonds. The maximum absolute atomic E-state index is 11.8. The van der Waals surface area contributed by atoms with E-state index in [-0.39, 0.29) is 6.61 Å². The number of rotatable bonds is 7. The van der Waals surface area contributed by atoms with Gasteiger partial charge in [0.15, 0.2) is 0 Å². The predicted octanol–water partition coefficient (Wildman–Crippen LogP) is 0.780. The molecule has 0 radical (unpaired) electrons. The molecule has 22 heavy (non-hydrogen) atoms. The van der Waals surface area contributed by atoms with Crippen LogP contribution in [0.25, 0.3) is 0 Å². The molecule has 8 nitrogen and oxygen atoms in total. The fraction of sp³-hybridized carbons (Fsp3) is 0.385. The highest BCUT2D eigenvalue weighted by atomic mass is 31.2. The molecule has 122 valence electrons. The van der Waals surface area contributed by atoms with Gasteiger partial charge in [-0.25, -0.2) is 9.88 Å². The molecule has 4 N–H and O–H groups in total. The second-order valence-electron chi connectivity index (χ2n) is 4.56. The van der Waals surface area contributed by atoms with E-state index in [4.69, 9.17) is 4.74 Å². The number of hydrogen-bond donors (Lipinski definition) is 4. The minimum absolute atomic E-state index is 0.0600. The molecule has 9 heteroatoms. The van der Waals surface area contributed by atoms with E-state index in [0.717, 1.165) is 5.56 Å². The Morgan fingerprint density at radius 3 is 2.55 bits per heavy atom. The van der Waals surface area contributed by atoms with Gasteiger partial charge in [0.1, 0.15) is 12.9 Å². The first-order chi connectivity index (χ1) is 10.3. The number of carbonyl (C=O) groups is 2. The van der Waals surface area contributed by atoms with Crippen molar-refractivity contribution in [1.82, 2.24) is 15.7 Å². The molecular weight excluding hydrogens is 309 g/mol. The average Bonchev–Trinajstić information content (AvgIpc) is 2.50. The van der Waals surface area contributed by atoms with Crippen molar-refractivity contribution < 1.29 is 23.8 Å². The summed E-state index contributed by atoms with van der Waals surface area (Å²) in [6, 6.07) is 8.17. The van der Waals surface area contributed by atoms with Crippen molar-refractivity contribution in [3.8, 4) is 0 Å². The quantitative estimate of drug-likeness (QED) is 0.549. The summed E-state index contributed by atoms with van der Waals surface area (Å²) in [5, 5.41) is 6.80. The van der Waals surface area contributed by atoms with E-state index in [1.54, 1.807) is 12.1 Å². The number of carbonyl (C=O) groups excluding carboxylic acids is 2. The Hall–Kier alpha value is -1.89. The topological polar surface area (TPSA) is 117 Å². The van der Waals surface area contributed by atoms with Gasteiger partial charge in [0.2, 0.25) is 5.91 Å². The fourth-order valence-corrected chi connectivity index (χ4v) is 2.73. The van der Waals surface area contributed by atoms with Crippen molar-refractivity contribution in [2.24, 2.45) is 0 Å². The van der Waals surface area contributed by atoms with Crippen LogP contribution in [-0.2, 0) is 20.7 Å². The first-order valence-corrected chi connectivity index (χ1v) is 8.44. The zero-order valence-corrected chi connectivity index (χ0v) is 13.3. The highest BCUT2D eigenvalue weighted by Gasteiger charge is 2.24. The van der Waals surface area contributed by atoms with E-state index in [9.17, 15) is 19.0 Å². The Kier molecular flexibility index (Phi) is 7.04. The van der Waals surface area contributed by atoms with Crippen LogP contribution in [0.5, 0.6) is 0 Å². The maximum Gasteiger partial charge on any atom is 0.407 e. The van der Waals surface area contributed by atoms with E-state index in [2.05, 4.69) is 15.7 Å². The molecule has 0 spiro atoms. The first kappa shape index (κ1) is 18.2. The normalized spacial score (nSPS) is 14.5. The summed E-state index contributed by atoms with van der Waals surface area (Å²) >= 11 is 0. The zero-order chi connectivity index (χ0) is 16.6. The van der Waals surface area contributed by atoms with Crippen molar-refractivity contribution in [2.45, 2.75) is 19.6 Å². The van der Waals surface area contributed by atoms with Gasteiger partial charge < -0.3 is 20.3 Å². The third-order valence-electron chi connectivity index (χ3n) is 2.69. The molecule has 2 atom stereocenters. The number of ether oxygens (including phenoxy) is 1. The largest absolute Gasteiger partial charge is 0.445 e. The lowest BCUT2D eigenvalue weighted by molar-refractivity contribution is -0.121. The third kappa shape index (κ3) is 6.71. The van der Waals surface area contributed by atoms with Crippen LogP contribution in [-0.4, -0.2) is 36.3 Å². The van der Waals surface area contributed by atoms with Gasteiger partial charge in [-0.05, 0) is 12.5 Å². The molecule has 0 aromatic heterocycles. The van der Waals surface area contributed by atoms with Gasteiger partial charge in [-0.15, -0.1) is 0 Å². The van der Waals surface area contributed by atoms with Crippen LogP contribution in [0.1, 0.15) is 12.5 Å². The second-order valence-corrected chi connectivity index (χ2v) is 6.54. The second kappa shape index (κ2) is 8.53. The molecule has 1 unspecified atom stereocenters. The van der Waals surface area contributed by atoms with Gasteiger partial charge in [-0.1, -0.05) is 30.3 Å². The smallest absolute Gasteiger partial charge is 0.407 e. The zero-order valence-electron chi connectivity index (χ0n) is 12.4. The van der Waals surface area contributed by atoms with Gasteiger partial charge in [-0.2, -0.15) is 0 Å². The lowest BCUT2D eigenvalue weighted by Gasteiger charge is -2.18. The maximum atomic E-state index is 11.8. The Morgan fingerprint density at radius 2 is 1.95 bits per heavy atom. The minimum Gasteiger partial charge on any atom is -0.445 e. The number of nitrogens with one attached hydrogen (secondary N) is 3. The number of benzene rings is 1. The Balaban J connectivity index is 2.36. The van der Waals surface area contributed by atoms with Gasteiger partial charge in [-0.3, -0.25) is 9.36 Å². The van der Waals surface area contributed by atoms with Gasteiger partial charge >= 0.3 is 6.09 Å². The summed E-state index contributed by atoms with van der Waals surface area (Å²) in [4.78, 5) is 32.4. The molecule has 0 fully saturated rings. The lowest BCUT2D eigenvalue weighted by atomic mass is 10.2. The molecule has 0 aliphatic heterocycles. The van der Waals surface area contributed by atoms with E-state index >= 15 is 0 Å². The van der Waals surface area contributed by atoms with Crippen molar-refractivity contribution in [1.29, 1.82) is 0 Å². The summed E-state index contributed by atoms with van der Waals surface area (Å²) < 4.78 is 16.7. The van der Waals surface area contributed by atoms with Crippen LogP contribution in [0, 0.1) is 0 Å². The molecule has 1 rings (SSSR count). The monoisotopic (exact) mass is 329 g/mol. The highest BCUT2D eigenvalue weighted by Crippen LogP contribution is 2.34. The van der Waals surface area contributed by atoms with Gasteiger partial charge in [0.05, 0.1) is 6.04 Å². The van der Waals surface area contributed by atoms with Crippen LogP contribution < -0.4 is 15.7 Å². The molecule has 0 aliphatic rings. The van der Waals surface area contributed by atoms with Crippen LogP contribution in [0.4, 0.5) is 4.79 Å². The van der Waals surface area contributed by atoms with Crippen LogP contribution in [0.2, 0.25) is 0 Å². The molecule has 0 aliphatic carbocycles. The van der Waals surface area contributed by atoms with E-state index in [0.29, 0.717) is 0 Å². The van der Waals surface area contributed by atoms with Crippen LogP contribution >= 0.6 is 7.52 Å². The molecule has 0 heterocycles. The van der Waals surface area contributed by atoms with Crippen LogP contribution in [0.15, 0.2) is 30.3 Å². The Bertz CT molecular complexity index is 552. The van der Waals surface area contributed by atoms with Crippen molar-refractivity contribution in [2.75, 3.05) is 13.3 Å². The summed E-state index contributed by atoms with van der Waals surface area (Å²) in [5.41, 5.74) is 0.802. The van der Waals surface area contributed by atoms with E-state index in [1.807, 2.05) is 18.2 Å². The standard InChI is InChI=1S/C13H20N3O5P/c1-10(12(17)14-2)16-22(19,20)9-15-13(18)21-8-11-6-4-3-5-7-11/h3-7,10H,8-9H2,1-2H3,(H,14,17)(H,15,18)(H2,16,19,20)/t10-/m0/s1. The minimum atomic E-state index is -3.89. The number of hydrogen-bond acceptors (Lipinski definition) is 4. The van der Waals surface area contributed by atoms with E-state index < -0.39 is 31.8 Å². The van der Waals surface area contributed by atoms with Crippen LogP contribution in [0.3, 0.4) is 0 Å². The average molecular weight is 329 g/mol. The summed E-state index contributed by atoms with van der Waals surface area (Å²) in [7, 11) is -2.47. The fourth-order valence-electron chi connectivity index (χ4n) is 1.57. The first-order valence-electron chi connectivity index (χ1n) is 6.60. The molecule has 0 saturated heterocycles. The third-order valence-corrected chi connectivity index (χ3v) is 4.06. The SMILES string of the molecule is CNC(=O)[C@H](C)NP(=O)(O)CNC(=O)OCc1ccccc1. The summed E-state index contributed by atoms with van der Waals surface area (Å²) in [5.74, 6) is -0.430. The number of amides is 2. The Labute approximate surface area is 128 Å². The number of alkyl carbamates (subject to hydrolysis) is 1. The molecular formula is C13H20N3O5P. The van der Waals surface area contributed by atoms with Crippen molar-refractivity contribution in [3.05, 3.63) is 35.9 Å². The van der Waals surface area contributed by atoms with Crippen molar-refractivity contribution >= 4 is 19.5 Å². The predicted molar refractivity (Wildman–Crippen MR) is 81.1 cm³/mol. The van der Waals surface area contributed by atoms with E-state index in [1.165, 1.54) is 14.0 Å². The summed E-state index contributed by atoms with van der Waals surface area (Å²) in [6.45, 7) is 1.50. The summed E-state index contributed by atoms with van der Waals surface area (Å²) in [6.07, 6.45) is -1.35. The van der Waals surface area contributed by atoms with Crippen molar-refractivity contribution in [3.63, 3.8) is 0 Å². The highest BCUT2D eigenvalue weighted by molar-refractivity contribution is 7.55. The Morgan fingerprint density at radius 1 is 1.32 bits per heavy atom. The van der Waals surface area contributed by atoms with Gasteiger partial charge in [0, 0.05) is 7.05 Å². The molecule has 1 aromatic rings. The molecule has 0 saturated carbocycles. The lowest BCUT2D eigenvalue weighted by Crippen LogP contribution is -2.40. The van der Waals surface area contributed by atoms with Gasteiger partial charge in [0.25, 0.3) is 7.52 Å². The number of likely N-dealkylation sites (N-methyl/N-ethyl adjacent to an activating group) is 1.